The Balaban J connectivity index is 2.24. The zero-order valence-electron chi connectivity index (χ0n) is 9.27. The lowest BCUT2D eigenvalue weighted by molar-refractivity contribution is 0.774. The summed E-state index contributed by atoms with van der Waals surface area (Å²) in [6.45, 7) is 2.21. The quantitative estimate of drug-likeness (QED) is 0.728. The fourth-order valence-electron chi connectivity index (χ4n) is 2.07. The van der Waals surface area contributed by atoms with Crippen LogP contribution in [0.2, 0.25) is 0 Å². The van der Waals surface area contributed by atoms with Crippen molar-refractivity contribution >= 4 is 16.8 Å². The number of imidazole rings is 1. The number of nitrogens with zero attached hydrogens (tertiary/aromatic N) is 3. The second-order valence-electron chi connectivity index (χ2n) is 4.02. The van der Waals surface area contributed by atoms with Gasteiger partial charge in [-0.05, 0) is 18.9 Å². The molecule has 3 aromatic heterocycles. The van der Waals surface area contributed by atoms with E-state index in [1.807, 2.05) is 24.7 Å². The van der Waals surface area contributed by atoms with Gasteiger partial charge in [0.25, 0.3) is 0 Å². The average molecular weight is 214 g/mol. The first-order valence-corrected chi connectivity index (χ1v) is 5.68. The molecule has 16 heavy (non-hydrogen) atoms. The van der Waals surface area contributed by atoms with Gasteiger partial charge >= 0.3 is 0 Å². The van der Waals surface area contributed by atoms with Gasteiger partial charge in [0.2, 0.25) is 0 Å². The highest BCUT2D eigenvalue weighted by Crippen LogP contribution is 2.16. The Labute approximate surface area is 93.3 Å². The number of aromatic nitrogens is 4. The summed E-state index contributed by atoms with van der Waals surface area (Å²) in [5.74, 6) is 0. The van der Waals surface area contributed by atoms with Gasteiger partial charge in [0.1, 0.15) is 0 Å². The molecule has 3 heterocycles. The van der Waals surface area contributed by atoms with E-state index in [1.54, 1.807) is 0 Å². The van der Waals surface area contributed by atoms with Crippen LogP contribution in [0.1, 0.15) is 25.5 Å². The highest BCUT2D eigenvalue weighted by Gasteiger charge is 2.07. The molecule has 3 rings (SSSR count). The molecule has 0 aliphatic heterocycles. The molecule has 0 bridgehead atoms. The number of aryl methyl sites for hydroxylation is 1. The molecule has 0 aliphatic rings. The summed E-state index contributed by atoms with van der Waals surface area (Å²) in [7, 11) is 0. The third-order valence-electron chi connectivity index (χ3n) is 2.90. The molecule has 0 radical (unpaired) electrons. The number of hydrogen-bond acceptors (Lipinski definition) is 2. The van der Waals surface area contributed by atoms with Gasteiger partial charge < -0.3 is 4.98 Å². The summed E-state index contributed by atoms with van der Waals surface area (Å²) in [5.41, 5.74) is 4.23. The maximum atomic E-state index is 4.39. The zero-order chi connectivity index (χ0) is 11.0. The van der Waals surface area contributed by atoms with Gasteiger partial charge in [-0.1, -0.05) is 13.3 Å². The minimum atomic E-state index is 0.920. The van der Waals surface area contributed by atoms with Crippen LogP contribution in [-0.2, 0) is 6.42 Å². The number of fused-ring (bicyclic) bond motifs is 3. The number of nitrogens with one attached hydrogen (secondary N) is 1. The number of rotatable bonds is 3. The predicted molar refractivity (Wildman–Crippen MR) is 63.5 cm³/mol. The Kier molecular flexibility index (Phi) is 2.13. The van der Waals surface area contributed by atoms with Crippen LogP contribution < -0.4 is 0 Å². The normalized spacial score (nSPS) is 11.6. The van der Waals surface area contributed by atoms with E-state index in [2.05, 4.69) is 26.3 Å². The van der Waals surface area contributed by atoms with E-state index >= 15 is 0 Å². The summed E-state index contributed by atoms with van der Waals surface area (Å²) in [5, 5.41) is 0. The van der Waals surface area contributed by atoms with E-state index in [4.69, 9.17) is 0 Å². The van der Waals surface area contributed by atoms with Crippen LogP contribution in [0, 0.1) is 0 Å². The lowest BCUT2D eigenvalue weighted by Gasteiger charge is -2.01. The number of hydrogen-bond donors (Lipinski definition) is 1. The fourth-order valence-corrected chi connectivity index (χ4v) is 2.07. The molecule has 3 aromatic rings. The molecule has 0 aromatic carbocycles. The zero-order valence-corrected chi connectivity index (χ0v) is 9.27. The van der Waals surface area contributed by atoms with Crippen LogP contribution >= 0.6 is 0 Å². The van der Waals surface area contributed by atoms with Crippen LogP contribution in [0.5, 0.6) is 0 Å². The SMILES string of the molecule is CCCCc1cnc2cnc3[nH]ccc3n12. The van der Waals surface area contributed by atoms with Gasteiger partial charge in [0.05, 0.1) is 11.7 Å². The monoisotopic (exact) mass is 214 g/mol. The lowest BCUT2D eigenvalue weighted by atomic mass is 10.2. The summed E-state index contributed by atoms with van der Waals surface area (Å²) >= 11 is 0. The van der Waals surface area contributed by atoms with E-state index in [-0.39, 0.29) is 0 Å². The summed E-state index contributed by atoms with van der Waals surface area (Å²) in [4.78, 5) is 11.8. The molecule has 4 heteroatoms. The average Bonchev–Trinajstić information content (AvgIpc) is 2.91. The molecule has 0 spiro atoms. The second kappa shape index (κ2) is 3.63. The maximum absolute atomic E-state index is 4.39. The molecule has 0 atom stereocenters. The topological polar surface area (TPSA) is 46.0 Å². The van der Waals surface area contributed by atoms with Gasteiger partial charge in [-0.3, -0.25) is 4.40 Å². The van der Waals surface area contributed by atoms with Crippen LogP contribution in [0.25, 0.3) is 16.8 Å². The van der Waals surface area contributed by atoms with Gasteiger partial charge in [0.15, 0.2) is 11.3 Å². The Morgan fingerprint density at radius 3 is 3.12 bits per heavy atom. The van der Waals surface area contributed by atoms with Crippen molar-refractivity contribution in [2.75, 3.05) is 0 Å². The molecule has 0 unspecified atom stereocenters. The molecule has 0 fully saturated rings. The van der Waals surface area contributed by atoms with Gasteiger partial charge in [-0.2, -0.15) is 0 Å². The summed E-state index contributed by atoms with van der Waals surface area (Å²) in [6.07, 6.45) is 9.16. The summed E-state index contributed by atoms with van der Waals surface area (Å²) in [6, 6.07) is 2.05. The van der Waals surface area contributed by atoms with Crippen molar-refractivity contribution in [2.45, 2.75) is 26.2 Å². The van der Waals surface area contributed by atoms with E-state index in [1.165, 1.54) is 18.5 Å². The highest BCUT2D eigenvalue weighted by molar-refractivity contribution is 5.74. The molecular weight excluding hydrogens is 200 g/mol. The molecule has 0 amide bonds. The maximum Gasteiger partial charge on any atom is 0.156 e. The third kappa shape index (κ3) is 1.30. The largest absolute Gasteiger partial charge is 0.345 e. The molecule has 4 nitrogen and oxygen atoms in total. The fraction of sp³-hybridized carbons (Fsp3) is 0.333. The van der Waals surface area contributed by atoms with Crippen molar-refractivity contribution in [3.63, 3.8) is 0 Å². The molecule has 1 N–H and O–H groups in total. The summed E-state index contributed by atoms with van der Waals surface area (Å²) < 4.78 is 2.19. The first kappa shape index (κ1) is 9.39. The Bertz CT molecular complexity index is 620. The minimum Gasteiger partial charge on any atom is -0.345 e. The number of H-pyrrole nitrogens is 1. The Hall–Kier alpha value is -1.84. The van der Waals surface area contributed by atoms with Crippen LogP contribution in [-0.4, -0.2) is 19.4 Å². The van der Waals surface area contributed by atoms with Crippen LogP contribution in [0.4, 0.5) is 0 Å². The van der Waals surface area contributed by atoms with E-state index in [0.29, 0.717) is 0 Å². The molecule has 0 saturated carbocycles. The first-order chi connectivity index (χ1) is 7.90. The van der Waals surface area contributed by atoms with Crippen molar-refractivity contribution in [2.24, 2.45) is 0 Å². The molecule has 0 aliphatic carbocycles. The molecule has 82 valence electrons. The van der Waals surface area contributed by atoms with Crippen molar-refractivity contribution in [3.8, 4) is 0 Å². The number of aromatic amines is 1. The van der Waals surface area contributed by atoms with Crippen molar-refractivity contribution in [3.05, 3.63) is 30.4 Å². The Morgan fingerprint density at radius 1 is 1.31 bits per heavy atom. The smallest absolute Gasteiger partial charge is 0.156 e. The van der Waals surface area contributed by atoms with E-state index in [0.717, 1.165) is 23.2 Å². The standard InChI is InChI=1S/C12H14N4/c1-2-3-4-9-7-14-11-8-15-12-10(16(9)11)5-6-13-12/h5-8,13H,2-4H2,1H3. The van der Waals surface area contributed by atoms with Crippen molar-refractivity contribution in [1.29, 1.82) is 0 Å². The van der Waals surface area contributed by atoms with E-state index < -0.39 is 0 Å². The lowest BCUT2D eigenvalue weighted by Crippen LogP contribution is -1.95. The van der Waals surface area contributed by atoms with Crippen LogP contribution in [0.3, 0.4) is 0 Å². The minimum absolute atomic E-state index is 0.920. The number of unbranched alkanes of at least 4 members (excludes halogenated alkanes) is 1. The van der Waals surface area contributed by atoms with Gasteiger partial charge in [-0.25, -0.2) is 9.97 Å². The predicted octanol–water partition coefficient (Wildman–Crippen LogP) is 2.55. The Morgan fingerprint density at radius 2 is 2.25 bits per heavy atom. The molecule has 0 saturated heterocycles. The van der Waals surface area contributed by atoms with E-state index in [9.17, 15) is 0 Å². The third-order valence-corrected chi connectivity index (χ3v) is 2.90. The van der Waals surface area contributed by atoms with Gasteiger partial charge in [-0.15, -0.1) is 0 Å². The first-order valence-electron chi connectivity index (χ1n) is 5.68. The highest BCUT2D eigenvalue weighted by atomic mass is 15.1. The molecular formula is C12H14N4. The van der Waals surface area contributed by atoms with Gasteiger partial charge in [0, 0.05) is 18.1 Å². The van der Waals surface area contributed by atoms with Crippen molar-refractivity contribution in [1.82, 2.24) is 19.4 Å². The van der Waals surface area contributed by atoms with Crippen LogP contribution in [0.15, 0.2) is 24.7 Å². The second-order valence-corrected chi connectivity index (χ2v) is 4.02. The van der Waals surface area contributed by atoms with Crippen molar-refractivity contribution < 1.29 is 0 Å².